The highest BCUT2D eigenvalue weighted by atomic mass is 79.9. The fraction of sp³-hybridized carbons (Fsp3) is 0.545. The summed E-state index contributed by atoms with van der Waals surface area (Å²) in [4.78, 5) is 12.6. The largest absolute Gasteiger partial charge is 0.392 e. The van der Waals surface area contributed by atoms with E-state index >= 15 is 0 Å². The lowest BCUT2D eigenvalue weighted by molar-refractivity contribution is -0.0689. The van der Waals surface area contributed by atoms with Crippen molar-refractivity contribution >= 4 is 33.2 Å². The van der Waals surface area contributed by atoms with Crippen molar-refractivity contribution in [2.75, 3.05) is 0 Å². The Morgan fingerprint density at radius 1 is 1.69 bits per heavy atom. The van der Waals surface area contributed by atoms with Crippen LogP contribution in [0, 0.1) is 5.41 Å². The second-order valence-corrected chi connectivity index (χ2v) is 6.47. The van der Waals surface area contributed by atoms with Crippen LogP contribution in [0.3, 0.4) is 0 Å². The first kappa shape index (κ1) is 12.1. The van der Waals surface area contributed by atoms with Gasteiger partial charge >= 0.3 is 0 Å². The number of amides is 1. The summed E-state index contributed by atoms with van der Waals surface area (Å²) in [5.74, 6) is -0.0631. The van der Waals surface area contributed by atoms with Gasteiger partial charge in [0, 0.05) is 15.9 Å². The molecule has 2 atom stereocenters. The second-order valence-electron chi connectivity index (χ2n) is 4.70. The minimum atomic E-state index is -0.315. The number of rotatable bonds is 2. The third-order valence-electron chi connectivity index (χ3n) is 3.34. The molecule has 2 N–H and O–H groups in total. The molecule has 1 amide bonds. The highest BCUT2D eigenvalue weighted by Crippen LogP contribution is 2.40. The quantitative estimate of drug-likeness (QED) is 0.881. The Bertz CT molecular complexity index is 416. The van der Waals surface area contributed by atoms with Crippen LogP contribution >= 0.6 is 27.3 Å². The lowest BCUT2D eigenvalue weighted by Gasteiger charge is -2.49. The zero-order valence-corrected chi connectivity index (χ0v) is 11.6. The Balaban J connectivity index is 2.02. The molecule has 0 radical (unpaired) electrons. The highest BCUT2D eigenvalue weighted by Gasteiger charge is 2.48. The normalized spacial score (nSPS) is 27.2. The van der Waals surface area contributed by atoms with Crippen LogP contribution in [0.2, 0.25) is 0 Å². The molecular weight excluding hydrogens is 290 g/mol. The van der Waals surface area contributed by atoms with Crippen LogP contribution in [0.25, 0.3) is 0 Å². The summed E-state index contributed by atoms with van der Waals surface area (Å²) >= 11 is 4.75. The van der Waals surface area contributed by atoms with Gasteiger partial charge in [0.25, 0.3) is 5.91 Å². The average Bonchev–Trinajstić information content (AvgIpc) is 2.64. The molecule has 2 rings (SSSR count). The molecule has 0 saturated heterocycles. The lowest BCUT2D eigenvalue weighted by atomic mass is 9.64. The Morgan fingerprint density at radius 2 is 2.38 bits per heavy atom. The van der Waals surface area contributed by atoms with Gasteiger partial charge in [-0.05, 0) is 33.8 Å². The van der Waals surface area contributed by atoms with Gasteiger partial charge in [-0.3, -0.25) is 4.79 Å². The molecule has 1 saturated carbocycles. The maximum atomic E-state index is 11.9. The second kappa shape index (κ2) is 4.13. The number of hydrogen-bond donors (Lipinski definition) is 2. The summed E-state index contributed by atoms with van der Waals surface area (Å²) in [7, 11) is 0. The zero-order valence-electron chi connectivity index (χ0n) is 9.16. The molecule has 0 aromatic carbocycles. The van der Waals surface area contributed by atoms with E-state index in [-0.39, 0.29) is 23.5 Å². The maximum absolute atomic E-state index is 11.9. The van der Waals surface area contributed by atoms with E-state index in [2.05, 4.69) is 21.2 Å². The molecule has 1 aromatic rings. The van der Waals surface area contributed by atoms with Crippen molar-refractivity contribution in [3.63, 3.8) is 0 Å². The molecule has 3 nitrogen and oxygen atoms in total. The first-order valence-electron chi connectivity index (χ1n) is 5.15. The van der Waals surface area contributed by atoms with Gasteiger partial charge in [-0.25, -0.2) is 0 Å². The van der Waals surface area contributed by atoms with E-state index in [4.69, 9.17) is 0 Å². The summed E-state index contributed by atoms with van der Waals surface area (Å²) in [6.45, 7) is 3.94. The number of nitrogens with one attached hydrogen (secondary N) is 1. The van der Waals surface area contributed by atoms with Crippen LogP contribution in [-0.2, 0) is 0 Å². The third-order valence-corrected chi connectivity index (χ3v) is 5.18. The standard InChI is InChI=1S/C11H14BrNO2S/c1-11(2)7(5-8(11)14)13-10(15)9-6(12)3-4-16-9/h3-4,7-8,14H,5H2,1-2H3,(H,13,15). The van der Waals surface area contributed by atoms with Gasteiger partial charge in [0.05, 0.1) is 6.10 Å². The maximum Gasteiger partial charge on any atom is 0.262 e. The van der Waals surface area contributed by atoms with E-state index in [1.807, 2.05) is 25.3 Å². The third kappa shape index (κ3) is 1.92. The van der Waals surface area contributed by atoms with Crippen molar-refractivity contribution in [2.45, 2.75) is 32.4 Å². The fourth-order valence-corrected chi connectivity index (χ4v) is 3.28. The topological polar surface area (TPSA) is 49.3 Å². The number of carbonyl (C=O) groups is 1. The molecule has 5 heteroatoms. The van der Waals surface area contributed by atoms with Crippen molar-refractivity contribution in [3.05, 3.63) is 20.8 Å². The molecule has 0 aliphatic heterocycles. The zero-order chi connectivity index (χ0) is 11.9. The predicted molar refractivity (Wildman–Crippen MR) is 67.7 cm³/mol. The molecule has 1 aromatic heterocycles. The number of aliphatic hydroxyl groups excluding tert-OH is 1. The molecule has 1 fully saturated rings. The van der Waals surface area contributed by atoms with Crippen molar-refractivity contribution in [1.82, 2.24) is 5.32 Å². The molecular formula is C11H14BrNO2S. The van der Waals surface area contributed by atoms with Gasteiger partial charge < -0.3 is 10.4 Å². The number of halogens is 1. The van der Waals surface area contributed by atoms with Gasteiger partial charge in [0.1, 0.15) is 4.88 Å². The summed E-state index contributed by atoms with van der Waals surface area (Å²) < 4.78 is 0.827. The smallest absolute Gasteiger partial charge is 0.262 e. The van der Waals surface area contributed by atoms with Crippen LogP contribution in [0.5, 0.6) is 0 Å². The van der Waals surface area contributed by atoms with Gasteiger partial charge in [0.15, 0.2) is 0 Å². The number of aliphatic hydroxyl groups is 1. The Hall–Kier alpha value is -0.390. The van der Waals surface area contributed by atoms with E-state index in [0.29, 0.717) is 11.3 Å². The van der Waals surface area contributed by atoms with E-state index in [1.165, 1.54) is 11.3 Å². The molecule has 88 valence electrons. The molecule has 16 heavy (non-hydrogen) atoms. The van der Waals surface area contributed by atoms with Gasteiger partial charge in [-0.2, -0.15) is 0 Å². The van der Waals surface area contributed by atoms with E-state index in [1.54, 1.807) is 0 Å². The molecule has 1 heterocycles. The van der Waals surface area contributed by atoms with Crippen molar-refractivity contribution in [2.24, 2.45) is 5.41 Å². The van der Waals surface area contributed by atoms with Gasteiger partial charge in [-0.15, -0.1) is 11.3 Å². The summed E-state index contributed by atoms with van der Waals surface area (Å²) in [5, 5.41) is 14.4. The van der Waals surface area contributed by atoms with Crippen LogP contribution in [-0.4, -0.2) is 23.2 Å². The SMILES string of the molecule is CC1(C)C(O)CC1NC(=O)c1sccc1Br. The molecule has 1 aliphatic carbocycles. The van der Waals surface area contributed by atoms with Crippen LogP contribution in [0.1, 0.15) is 29.9 Å². The van der Waals surface area contributed by atoms with E-state index in [9.17, 15) is 9.90 Å². The summed E-state index contributed by atoms with van der Waals surface area (Å²) in [5.41, 5.74) is -0.223. The number of carbonyl (C=O) groups excluding carboxylic acids is 1. The first-order chi connectivity index (χ1) is 7.43. The average molecular weight is 304 g/mol. The Kier molecular flexibility index (Phi) is 3.11. The van der Waals surface area contributed by atoms with Crippen LogP contribution < -0.4 is 5.32 Å². The first-order valence-corrected chi connectivity index (χ1v) is 6.82. The Labute approximate surface area is 107 Å². The molecule has 2 unspecified atom stereocenters. The molecule has 0 spiro atoms. The van der Waals surface area contributed by atoms with Crippen molar-refractivity contribution in [1.29, 1.82) is 0 Å². The van der Waals surface area contributed by atoms with E-state index < -0.39 is 0 Å². The Morgan fingerprint density at radius 3 is 2.81 bits per heavy atom. The van der Waals surface area contributed by atoms with Gasteiger partial charge in [-0.1, -0.05) is 13.8 Å². The molecule has 0 bridgehead atoms. The van der Waals surface area contributed by atoms with Crippen LogP contribution in [0.4, 0.5) is 0 Å². The minimum Gasteiger partial charge on any atom is -0.392 e. The van der Waals surface area contributed by atoms with Crippen LogP contribution in [0.15, 0.2) is 15.9 Å². The number of thiophene rings is 1. The van der Waals surface area contributed by atoms with Crippen molar-refractivity contribution < 1.29 is 9.90 Å². The molecule has 1 aliphatic rings. The highest BCUT2D eigenvalue weighted by molar-refractivity contribution is 9.10. The van der Waals surface area contributed by atoms with Crippen molar-refractivity contribution in [3.8, 4) is 0 Å². The summed E-state index contributed by atoms with van der Waals surface area (Å²) in [6.07, 6.45) is 0.325. The minimum absolute atomic E-state index is 0.0593. The fourth-order valence-electron chi connectivity index (χ4n) is 1.83. The predicted octanol–water partition coefficient (Wildman–Crippen LogP) is 2.40. The van der Waals surface area contributed by atoms with E-state index in [0.717, 1.165) is 4.47 Å². The lowest BCUT2D eigenvalue weighted by Crippen LogP contribution is -2.61. The van der Waals surface area contributed by atoms with Gasteiger partial charge in [0.2, 0.25) is 0 Å². The summed E-state index contributed by atoms with van der Waals surface area (Å²) in [6, 6.07) is 1.92. The monoisotopic (exact) mass is 303 g/mol. The number of hydrogen-bond acceptors (Lipinski definition) is 3.